The predicted molar refractivity (Wildman–Crippen MR) is 147 cm³/mol. The minimum absolute atomic E-state index is 0.200. The first-order valence-corrected chi connectivity index (χ1v) is 13.9. The molecule has 34 heavy (non-hydrogen) atoms. The molecule has 3 aromatic rings. The van der Waals surface area contributed by atoms with Gasteiger partial charge in [-0.2, -0.15) is 0 Å². The highest BCUT2D eigenvalue weighted by Crippen LogP contribution is 2.54. The van der Waals surface area contributed by atoms with Crippen molar-refractivity contribution < 1.29 is 0 Å². The van der Waals surface area contributed by atoms with E-state index in [1.165, 1.54) is 99.3 Å². The van der Waals surface area contributed by atoms with Crippen LogP contribution in [0.3, 0.4) is 0 Å². The van der Waals surface area contributed by atoms with Crippen LogP contribution in [0.15, 0.2) is 54.6 Å². The molecule has 0 bridgehead atoms. The Labute approximate surface area is 207 Å². The lowest BCUT2D eigenvalue weighted by Crippen LogP contribution is -2.25. The maximum absolute atomic E-state index is 2.52. The van der Waals surface area contributed by atoms with E-state index < -0.39 is 0 Å². The Balaban J connectivity index is 1.35. The van der Waals surface area contributed by atoms with Crippen molar-refractivity contribution in [3.8, 4) is 11.1 Å². The maximum atomic E-state index is 2.52. The van der Waals surface area contributed by atoms with Crippen molar-refractivity contribution in [2.24, 2.45) is 0 Å². The molecule has 0 N–H and O–H groups in total. The first-order valence-electron chi connectivity index (χ1n) is 13.9. The Bertz CT molecular complexity index is 1100. The van der Waals surface area contributed by atoms with Crippen molar-refractivity contribution in [1.29, 1.82) is 0 Å². The van der Waals surface area contributed by atoms with Crippen LogP contribution in [0, 0.1) is 13.8 Å². The summed E-state index contributed by atoms with van der Waals surface area (Å²) in [5, 5.41) is 0. The predicted octanol–water partition coefficient (Wildman–Crippen LogP) is 9.44. The van der Waals surface area contributed by atoms with Crippen LogP contribution in [-0.2, 0) is 24.7 Å². The van der Waals surface area contributed by atoms with E-state index in [-0.39, 0.29) is 5.41 Å². The smallest absolute Gasteiger partial charge is 0.0215 e. The van der Waals surface area contributed by atoms with Crippen molar-refractivity contribution in [2.75, 3.05) is 0 Å². The molecule has 0 aliphatic heterocycles. The molecule has 0 saturated carbocycles. The fraction of sp³-hybridized carbons (Fsp3) is 0.471. The summed E-state index contributed by atoms with van der Waals surface area (Å²) in [6.07, 6.45) is 15.7. The summed E-state index contributed by atoms with van der Waals surface area (Å²) >= 11 is 0. The summed E-state index contributed by atoms with van der Waals surface area (Å²) in [6, 6.07) is 21.7. The molecule has 0 saturated heterocycles. The van der Waals surface area contributed by atoms with Crippen molar-refractivity contribution in [3.63, 3.8) is 0 Å². The van der Waals surface area contributed by atoms with Crippen LogP contribution in [0.4, 0.5) is 0 Å². The SMILES string of the molecule is CCCCCCC1(CCCCCc2ccc3c(c2)CC3)c2cc(C)ccc2-c2ccc(C)cc21. The van der Waals surface area contributed by atoms with Crippen LogP contribution in [0.1, 0.15) is 104 Å². The molecular weight excluding hydrogens is 408 g/mol. The first kappa shape index (κ1) is 23.4. The van der Waals surface area contributed by atoms with Crippen molar-refractivity contribution >= 4 is 0 Å². The van der Waals surface area contributed by atoms with Gasteiger partial charge in [0.1, 0.15) is 0 Å². The van der Waals surface area contributed by atoms with Crippen LogP contribution >= 0.6 is 0 Å². The summed E-state index contributed by atoms with van der Waals surface area (Å²) < 4.78 is 0. The Morgan fingerprint density at radius 2 is 1.24 bits per heavy atom. The molecule has 178 valence electrons. The van der Waals surface area contributed by atoms with E-state index in [1.807, 2.05) is 0 Å². The van der Waals surface area contributed by atoms with Crippen LogP contribution in [0.25, 0.3) is 11.1 Å². The second-order valence-electron chi connectivity index (χ2n) is 11.2. The van der Waals surface area contributed by atoms with Gasteiger partial charge in [0, 0.05) is 5.41 Å². The second-order valence-corrected chi connectivity index (χ2v) is 11.2. The largest absolute Gasteiger partial charge is 0.0654 e. The lowest BCUT2D eigenvalue weighted by atomic mass is 9.70. The molecule has 3 aromatic carbocycles. The summed E-state index contributed by atoms with van der Waals surface area (Å²) in [5.41, 5.74) is 14.0. The number of hydrogen-bond donors (Lipinski definition) is 0. The van der Waals surface area contributed by atoms with Gasteiger partial charge in [-0.1, -0.05) is 111 Å². The highest BCUT2D eigenvalue weighted by molar-refractivity contribution is 5.81. The van der Waals surface area contributed by atoms with E-state index in [1.54, 1.807) is 27.8 Å². The van der Waals surface area contributed by atoms with Gasteiger partial charge >= 0.3 is 0 Å². The van der Waals surface area contributed by atoms with Crippen molar-refractivity contribution in [3.05, 3.63) is 93.5 Å². The van der Waals surface area contributed by atoms with Gasteiger partial charge in [-0.25, -0.2) is 0 Å². The van der Waals surface area contributed by atoms with Crippen LogP contribution < -0.4 is 0 Å². The Morgan fingerprint density at radius 3 is 1.79 bits per heavy atom. The standard InChI is InChI=1S/C34H42/c1-4-5-6-9-20-34(21-10-7-8-11-27-14-15-28-16-17-29(28)24-27)32-22-25(2)12-18-30(32)31-19-13-26(3)23-33(31)34/h12-15,18-19,22-24H,4-11,16-17,20-21H2,1-3H3. The number of aryl methyl sites for hydroxylation is 5. The molecule has 0 unspecified atom stereocenters. The van der Waals surface area contributed by atoms with Gasteiger partial charge in [0.15, 0.2) is 0 Å². The molecule has 0 atom stereocenters. The van der Waals surface area contributed by atoms with Crippen LogP contribution in [0.5, 0.6) is 0 Å². The van der Waals surface area contributed by atoms with E-state index in [2.05, 4.69) is 75.4 Å². The Kier molecular flexibility index (Phi) is 6.96. The average molecular weight is 451 g/mol. The number of fused-ring (bicyclic) bond motifs is 4. The fourth-order valence-corrected chi connectivity index (χ4v) is 6.58. The maximum Gasteiger partial charge on any atom is 0.0215 e. The van der Waals surface area contributed by atoms with Gasteiger partial charge < -0.3 is 0 Å². The molecule has 2 aliphatic rings. The summed E-state index contributed by atoms with van der Waals surface area (Å²) in [4.78, 5) is 0. The third-order valence-electron chi connectivity index (χ3n) is 8.63. The van der Waals surface area contributed by atoms with Crippen LogP contribution in [0.2, 0.25) is 0 Å². The molecule has 0 radical (unpaired) electrons. The highest BCUT2D eigenvalue weighted by Gasteiger charge is 2.42. The van der Waals surface area contributed by atoms with E-state index in [4.69, 9.17) is 0 Å². The normalized spacial score (nSPS) is 14.9. The molecule has 0 fully saturated rings. The third-order valence-corrected chi connectivity index (χ3v) is 8.63. The van der Waals surface area contributed by atoms with Gasteiger partial charge in [-0.15, -0.1) is 0 Å². The summed E-state index contributed by atoms with van der Waals surface area (Å²) in [5.74, 6) is 0. The quantitative estimate of drug-likeness (QED) is 0.255. The average Bonchev–Trinajstić information content (AvgIpc) is 3.06. The molecule has 0 spiro atoms. The van der Waals surface area contributed by atoms with E-state index in [0.717, 1.165) is 0 Å². The zero-order chi connectivity index (χ0) is 23.5. The monoisotopic (exact) mass is 450 g/mol. The topological polar surface area (TPSA) is 0 Å². The zero-order valence-electron chi connectivity index (χ0n) is 21.7. The van der Waals surface area contributed by atoms with Crippen molar-refractivity contribution in [1.82, 2.24) is 0 Å². The van der Waals surface area contributed by atoms with Gasteiger partial charge in [-0.3, -0.25) is 0 Å². The molecule has 0 amide bonds. The van der Waals surface area contributed by atoms with Crippen LogP contribution in [-0.4, -0.2) is 0 Å². The number of hydrogen-bond acceptors (Lipinski definition) is 0. The second kappa shape index (κ2) is 10.1. The lowest BCUT2D eigenvalue weighted by molar-refractivity contribution is 0.401. The first-order chi connectivity index (χ1) is 16.6. The molecule has 0 aromatic heterocycles. The minimum atomic E-state index is 0.200. The third kappa shape index (κ3) is 4.49. The van der Waals surface area contributed by atoms with E-state index in [0.29, 0.717) is 0 Å². The van der Waals surface area contributed by atoms with Gasteiger partial charge in [0.25, 0.3) is 0 Å². The van der Waals surface area contributed by atoms with Gasteiger partial charge in [-0.05, 0) is 91.3 Å². The molecule has 5 rings (SSSR count). The Morgan fingerprint density at radius 1 is 0.618 bits per heavy atom. The molecule has 0 heteroatoms. The Hall–Kier alpha value is -2.34. The van der Waals surface area contributed by atoms with E-state index >= 15 is 0 Å². The van der Waals surface area contributed by atoms with Crippen molar-refractivity contribution in [2.45, 2.75) is 103 Å². The highest BCUT2D eigenvalue weighted by atomic mass is 14.4. The number of benzene rings is 3. The molecule has 0 nitrogen and oxygen atoms in total. The molecular formula is C34H42. The lowest BCUT2D eigenvalue weighted by Gasteiger charge is -2.33. The van der Waals surface area contributed by atoms with Gasteiger partial charge in [0.05, 0.1) is 0 Å². The van der Waals surface area contributed by atoms with E-state index in [9.17, 15) is 0 Å². The number of rotatable bonds is 11. The zero-order valence-corrected chi connectivity index (χ0v) is 21.7. The van der Waals surface area contributed by atoms with Gasteiger partial charge in [0.2, 0.25) is 0 Å². The molecule has 2 aliphatic carbocycles. The summed E-state index contributed by atoms with van der Waals surface area (Å²) in [7, 11) is 0. The number of unbranched alkanes of at least 4 members (excludes halogenated alkanes) is 5. The minimum Gasteiger partial charge on any atom is -0.0654 e. The molecule has 0 heterocycles. The fourth-order valence-electron chi connectivity index (χ4n) is 6.58. The summed E-state index contributed by atoms with van der Waals surface area (Å²) in [6.45, 7) is 6.86.